The third-order valence-electron chi connectivity index (χ3n) is 2.37. The zero-order valence-electron chi connectivity index (χ0n) is 11.2. The van der Waals surface area contributed by atoms with E-state index in [2.05, 4.69) is 16.0 Å². The van der Waals surface area contributed by atoms with Crippen molar-refractivity contribution in [1.29, 1.82) is 0 Å². The van der Waals surface area contributed by atoms with E-state index in [1.165, 1.54) is 0 Å². The van der Waals surface area contributed by atoms with Crippen LogP contribution in [0.15, 0.2) is 24.3 Å². The normalized spacial score (nSPS) is 9.50. The Balaban J connectivity index is 0.00000361. The number of amides is 2. The zero-order chi connectivity index (χ0) is 14.1. The Kier molecular flexibility index (Phi) is 9.80. The summed E-state index contributed by atoms with van der Waals surface area (Å²) in [5.74, 6) is -0.147. The summed E-state index contributed by atoms with van der Waals surface area (Å²) in [6.45, 7) is 0.783. The minimum absolute atomic E-state index is 0. The van der Waals surface area contributed by atoms with Crippen LogP contribution in [-0.4, -0.2) is 32.0 Å². The summed E-state index contributed by atoms with van der Waals surface area (Å²) in [5.41, 5.74) is 0.716. The van der Waals surface area contributed by atoms with Crippen molar-refractivity contribution in [3.8, 4) is 0 Å². The highest BCUT2D eigenvalue weighted by molar-refractivity contribution is 6.30. The van der Waals surface area contributed by atoms with Gasteiger partial charge in [-0.2, -0.15) is 0 Å². The number of rotatable bonds is 7. The van der Waals surface area contributed by atoms with Gasteiger partial charge < -0.3 is 16.0 Å². The summed E-state index contributed by atoms with van der Waals surface area (Å²) in [6, 6.07) is 6.92. The molecule has 0 heterocycles. The fourth-order valence-electron chi connectivity index (χ4n) is 1.46. The SMILES string of the molecule is CNCC(=O)NCCCC(=O)Nc1ccc(Cl)cc1.Cl. The van der Waals surface area contributed by atoms with Gasteiger partial charge >= 0.3 is 0 Å². The highest BCUT2D eigenvalue weighted by Crippen LogP contribution is 2.13. The molecule has 112 valence electrons. The number of likely N-dealkylation sites (N-methyl/N-ethyl adjacent to an activating group) is 1. The van der Waals surface area contributed by atoms with Crippen LogP contribution in [-0.2, 0) is 9.59 Å². The Hall–Kier alpha value is -1.30. The van der Waals surface area contributed by atoms with Crippen LogP contribution >= 0.6 is 24.0 Å². The monoisotopic (exact) mass is 319 g/mol. The number of hydrogen-bond donors (Lipinski definition) is 3. The summed E-state index contributed by atoms with van der Waals surface area (Å²) in [6.07, 6.45) is 0.970. The van der Waals surface area contributed by atoms with Gasteiger partial charge in [-0.05, 0) is 37.7 Å². The first-order valence-electron chi connectivity index (χ1n) is 6.08. The van der Waals surface area contributed by atoms with Crippen molar-refractivity contribution in [2.75, 3.05) is 25.5 Å². The molecule has 0 fully saturated rings. The fourth-order valence-corrected chi connectivity index (χ4v) is 1.58. The number of carbonyl (C=O) groups is 2. The molecule has 20 heavy (non-hydrogen) atoms. The predicted molar refractivity (Wildman–Crippen MR) is 83.5 cm³/mol. The topological polar surface area (TPSA) is 70.2 Å². The Bertz CT molecular complexity index is 424. The Labute approximate surface area is 129 Å². The van der Waals surface area contributed by atoms with E-state index in [1.54, 1.807) is 31.3 Å². The van der Waals surface area contributed by atoms with Gasteiger partial charge in [0, 0.05) is 23.7 Å². The van der Waals surface area contributed by atoms with Crippen LogP contribution in [0.5, 0.6) is 0 Å². The number of nitrogens with one attached hydrogen (secondary N) is 3. The van der Waals surface area contributed by atoms with Gasteiger partial charge in [0.1, 0.15) is 0 Å². The van der Waals surface area contributed by atoms with Crippen molar-refractivity contribution in [2.24, 2.45) is 0 Å². The highest BCUT2D eigenvalue weighted by Gasteiger charge is 2.03. The van der Waals surface area contributed by atoms with Crippen molar-refractivity contribution in [3.05, 3.63) is 29.3 Å². The van der Waals surface area contributed by atoms with Crippen molar-refractivity contribution in [2.45, 2.75) is 12.8 Å². The number of hydrogen-bond acceptors (Lipinski definition) is 3. The average molecular weight is 320 g/mol. The Morgan fingerprint density at radius 1 is 1.15 bits per heavy atom. The van der Waals surface area contributed by atoms with Crippen molar-refractivity contribution < 1.29 is 9.59 Å². The van der Waals surface area contributed by atoms with Crippen LogP contribution < -0.4 is 16.0 Å². The first kappa shape index (κ1) is 18.7. The maximum Gasteiger partial charge on any atom is 0.233 e. The molecule has 0 aliphatic carbocycles. The average Bonchev–Trinajstić information content (AvgIpc) is 2.38. The molecule has 0 saturated heterocycles. The maximum atomic E-state index is 11.6. The van der Waals surface area contributed by atoms with Crippen molar-refractivity contribution in [1.82, 2.24) is 10.6 Å². The molecular weight excluding hydrogens is 301 g/mol. The molecule has 0 radical (unpaired) electrons. The lowest BCUT2D eigenvalue weighted by molar-refractivity contribution is -0.120. The highest BCUT2D eigenvalue weighted by atomic mass is 35.5. The molecule has 0 unspecified atom stereocenters. The zero-order valence-corrected chi connectivity index (χ0v) is 12.8. The summed E-state index contributed by atoms with van der Waals surface area (Å²) in [4.78, 5) is 22.7. The molecule has 5 nitrogen and oxygen atoms in total. The van der Waals surface area contributed by atoms with E-state index in [1.807, 2.05) is 0 Å². The minimum atomic E-state index is -0.0785. The first-order valence-corrected chi connectivity index (χ1v) is 6.46. The van der Waals surface area contributed by atoms with E-state index < -0.39 is 0 Å². The largest absolute Gasteiger partial charge is 0.355 e. The predicted octanol–water partition coefficient (Wildman–Crippen LogP) is 1.82. The Morgan fingerprint density at radius 3 is 2.40 bits per heavy atom. The molecule has 0 saturated carbocycles. The van der Waals surface area contributed by atoms with Gasteiger partial charge in [0.2, 0.25) is 11.8 Å². The molecule has 0 aliphatic heterocycles. The standard InChI is InChI=1S/C13H18ClN3O2.ClH/c1-15-9-13(19)16-8-2-3-12(18)17-11-6-4-10(14)5-7-11;/h4-7,15H,2-3,8-9H2,1H3,(H,16,19)(H,17,18);1H. The number of benzene rings is 1. The van der Waals surface area contributed by atoms with Crippen LogP contribution in [0.2, 0.25) is 5.02 Å². The summed E-state index contributed by atoms with van der Waals surface area (Å²) in [7, 11) is 1.71. The Morgan fingerprint density at radius 2 is 1.80 bits per heavy atom. The molecule has 0 aliphatic rings. The second-order valence-electron chi connectivity index (χ2n) is 4.04. The van der Waals surface area contributed by atoms with Crippen LogP contribution in [0, 0.1) is 0 Å². The van der Waals surface area contributed by atoms with Crippen LogP contribution in [0.1, 0.15) is 12.8 Å². The molecule has 1 rings (SSSR count). The third kappa shape index (κ3) is 7.99. The smallest absolute Gasteiger partial charge is 0.233 e. The van der Waals surface area contributed by atoms with Gasteiger partial charge in [-0.3, -0.25) is 9.59 Å². The third-order valence-corrected chi connectivity index (χ3v) is 2.62. The lowest BCUT2D eigenvalue weighted by atomic mass is 10.2. The van der Waals surface area contributed by atoms with Crippen molar-refractivity contribution in [3.63, 3.8) is 0 Å². The van der Waals surface area contributed by atoms with Gasteiger partial charge in [-0.1, -0.05) is 11.6 Å². The summed E-state index contributed by atoms with van der Waals surface area (Å²) in [5, 5.41) is 8.85. The summed E-state index contributed by atoms with van der Waals surface area (Å²) < 4.78 is 0. The van der Waals surface area contributed by atoms with E-state index in [4.69, 9.17) is 11.6 Å². The molecule has 0 atom stereocenters. The number of carbonyl (C=O) groups excluding carboxylic acids is 2. The molecule has 7 heteroatoms. The first-order chi connectivity index (χ1) is 9.11. The lowest BCUT2D eigenvalue weighted by Gasteiger charge is -2.06. The van der Waals surface area contributed by atoms with E-state index in [-0.39, 0.29) is 30.8 Å². The van der Waals surface area contributed by atoms with E-state index in [9.17, 15) is 9.59 Å². The van der Waals surface area contributed by atoms with E-state index in [0.29, 0.717) is 30.1 Å². The van der Waals surface area contributed by atoms with Gasteiger partial charge in [0.25, 0.3) is 0 Å². The molecule has 3 N–H and O–H groups in total. The van der Waals surface area contributed by atoms with Gasteiger partial charge in [0.05, 0.1) is 6.54 Å². The molecule has 1 aromatic rings. The fraction of sp³-hybridized carbons (Fsp3) is 0.385. The summed E-state index contributed by atoms with van der Waals surface area (Å²) >= 11 is 5.75. The quantitative estimate of drug-likeness (QED) is 0.671. The van der Waals surface area contributed by atoms with Crippen LogP contribution in [0.4, 0.5) is 5.69 Å². The molecule has 0 aromatic heterocycles. The second kappa shape index (κ2) is 10.5. The van der Waals surface area contributed by atoms with Crippen LogP contribution in [0.3, 0.4) is 0 Å². The molecular formula is C13H19Cl2N3O2. The second-order valence-corrected chi connectivity index (χ2v) is 4.48. The molecule has 0 spiro atoms. The maximum absolute atomic E-state index is 11.6. The van der Waals surface area contributed by atoms with Gasteiger partial charge in [-0.15, -0.1) is 12.4 Å². The van der Waals surface area contributed by atoms with Gasteiger partial charge in [0.15, 0.2) is 0 Å². The molecule has 0 bridgehead atoms. The minimum Gasteiger partial charge on any atom is -0.355 e. The van der Waals surface area contributed by atoms with Crippen LogP contribution in [0.25, 0.3) is 0 Å². The van der Waals surface area contributed by atoms with Crippen molar-refractivity contribution >= 4 is 41.5 Å². The molecule has 1 aromatic carbocycles. The number of anilines is 1. The van der Waals surface area contributed by atoms with Gasteiger partial charge in [-0.25, -0.2) is 0 Å². The van der Waals surface area contributed by atoms with E-state index >= 15 is 0 Å². The molecule has 2 amide bonds. The number of halogens is 2. The lowest BCUT2D eigenvalue weighted by Crippen LogP contribution is -2.33. The van der Waals surface area contributed by atoms with E-state index in [0.717, 1.165) is 0 Å².